The highest BCUT2D eigenvalue weighted by atomic mass is 16.6. The van der Waals surface area contributed by atoms with Gasteiger partial charge >= 0.3 is 0 Å². The number of phenolic OH excluding ortho intramolecular Hbond substituents is 1. The molecule has 0 amide bonds. The number of aromatic hydroxyl groups is 1. The van der Waals surface area contributed by atoms with Crippen molar-refractivity contribution in [2.45, 2.75) is 37.1 Å². The Hall–Kier alpha value is -1.22. The predicted molar refractivity (Wildman–Crippen MR) is 71.2 cm³/mol. The molecule has 7 nitrogen and oxygen atoms in total. The number of aliphatic hydroxyl groups excluding tert-OH is 5. The first-order valence-corrected chi connectivity index (χ1v) is 6.71. The van der Waals surface area contributed by atoms with Gasteiger partial charge in [-0.15, -0.1) is 0 Å². The first-order chi connectivity index (χ1) is 9.93. The molecule has 7 heteroatoms. The van der Waals surface area contributed by atoms with Crippen molar-refractivity contribution in [2.75, 3.05) is 6.61 Å². The van der Waals surface area contributed by atoms with Crippen LogP contribution in [-0.4, -0.2) is 61.8 Å². The molecular weight excluding hydrogens is 280 g/mol. The van der Waals surface area contributed by atoms with Crippen LogP contribution in [-0.2, 0) is 4.74 Å². The Balaban J connectivity index is 2.05. The summed E-state index contributed by atoms with van der Waals surface area (Å²) in [5, 5.41) is 57.9. The van der Waals surface area contributed by atoms with Crippen LogP contribution in [0.25, 0.3) is 0 Å². The zero-order chi connectivity index (χ0) is 15.6. The van der Waals surface area contributed by atoms with Crippen LogP contribution in [0.3, 0.4) is 0 Å². The van der Waals surface area contributed by atoms with Crippen molar-refractivity contribution in [2.24, 2.45) is 5.92 Å². The fraction of sp³-hybridized carbons (Fsp3) is 0.571. The predicted octanol–water partition coefficient (Wildman–Crippen LogP) is -1.14. The molecule has 0 aromatic heterocycles. The van der Waals surface area contributed by atoms with E-state index < -0.39 is 43.2 Å². The van der Waals surface area contributed by atoms with Gasteiger partial charge in [-0.3, -0.25) is 0 Å². The summed E-state index contributed by atoms with van der Waals surface area (Å²) in [6, 6.07) is 5.88. The summed E-state index contributed by atoms with van der Waals surface area (Å²) in [5.74, 6) is -0.833. The smallest absolute Gasteiger partial charge is 0.160 e. The molecule has 0 spiro atoms. The average Bonchev–Trinajstić information content (AvgIpc) is 2.47. The molecule has 1 aliphatic rings. The largest absolute Gasteiger partial charge is 0.508 e. The Morgan fingerprint density at radius 2 is 1.67 bits per heavy atom. The lowest BCUT2D eigenvalue weighted by Crippen LogP contribution is -2.55. The molecule has 0 bridgehead atoms. The van der Waals surface area contributed by atoms with Crippen molar-refractivity contribution in [1.82, 2.24) is 0 Å². The molecule has 2 rings (SSSR count). The van der Waals surface area contributed by atoms with Crippen molar-refractivity contribution in [1.29, 1.82) is 0 Å². The SMILES string of the molecule is OC[C@H]1OC(O)[C@@H](CC(O)c2ccc(O)cc2)[C@@H](O)[C@@H]1O. The molecule has 1 aliphatic heterocycles. The Morgan fingerprint density at radius 1 is 1.05 bits per heavy atom. The van der Waals surface area contributed by atoms with E-state index in [-0.39, 0.29) is 12.2 Å². The van der Waals surface area contributed by atoms with Crippen LogP contribution in [0.1, 0.15) is 18.1 Å². The number of aliphatic hydroxyl groups is 5. The van der Waals surface area contributed by atoms with E-state index in [1.807, 2.05) is 0 Å². The van der Waals surface area contributed by atoms with Crippen molar-refractivity contribution in [3.8, 4) is 5.75 Å². The summed E-state index contributed by atoms with van der Waals surface area (Å²) in [5.41, 5.74) is 0.506. The van der Waals surface area contributed by atoms with Gasteiger partial charge in [0, 0.05) is 5.92 Å². The van der Waals surface area contributed by atoms with E-state index in [2.05, 4.69) is 0 Å². The zero-order valence-corrected chi connectivity index (χ0v) is 11.3. The van der Waals surface area contributed by atoms with E-state index in [9.17, 15) is 25.5 Å². The summed E-state index contributed by atoms with van der Waals surface area (Å²) in [4.78, 5) is 0. The third-order valence-corrected chi connectivity index (χ3v) is 3.80. The molecule has 6 N–H and O–H groups in total. The van der Waals surface area contributed by atoms with Gasteiger partial charge in [0.25, 0.3) is 0 Å². The normalized spacial score (nSPS) is 34.6. The molecule has 1 aromatic rings. The van der Waals surface area contributed by atoms with Gasteiger partial charge in [-0.25, -0.2) is 0 Å². The van der Waals surface area contributed by atoms with E-state index in [1.165, 1.54) is 24.3 Å². The van der Waals surface area contributed by atoms with Crippen LogP contribution in [0.15, 0.2) is 24.3 Å². The van der Waals surface area contributed by atoms with Gasteiger partial charge in [-0.05, 0) is 24.1 Å². The van der Waals surface area contributed by atoms with Crippen molar-refractivity contribution in [3.63, 3.8) is 0 Å². The van der Waals surface area contributed by atoms with Gasteiger partial charge in [0.15, 0.2) is 6.29 Å². The summed E-state index contributed by atoms with van der Waals surface area (Å²) >= 11 is 0. The fourth-order valence-electron chi connectivity index (χ4n) is 2.50. The van der Waals surface area contributed by atoms with Crippen LogP contribution >= 0.6 is 0 Å². The second kappa shape index (κ2) is 6.69. The molecule has 0 aliphatic carbocycles. The maximum Gasteiger partial charge on any atom is 0.160 e. The Bertz CT molecular complexity index is 449. The van der Waals surface area contributed by atoms with E-state index in [0.29, 0.717) is 5.56 Å². The van der Waals surface area contributed by atoms with Gasteiger partial charge in [0.05, 0.1) is 18.8 Å². The molecule has 0 saturated carbocycles. The minimum Gasteiger partial charge on any atom is -0.508 e. The number of rotatable bonds is 4. The molecule has 6 atom stereocenters. The van der Waals surface area contributed by atoms with Crippen LogP contribution in [0, 0.1) is 5.92 Å². The number of benzene rings is 1. The summed E-state index contributed by atoms with van der Waals surface area (Å²) < 4.78 is 5.03. The van der Waals surface area contributed by atoms with Crippen LogP contribution in [0.5, 0.6) is 5.75 Å². The van der Waals surface area contributed by atoms with Gasteiger partial charge in [0.2, 0.25) is 0 Å². The molecule has 1 heterocycles. The summed E-state index contributed by atoms with van der Waals surface area (Å²) in [7, 11) is 0. The maximum atomic E-state index is 10.1. The first-order valence-electron chi connectivity index (χ1n) is 6.71. The topological polar surface area (TPSA) is 131 Å². The van der Waals surface area contributed by atoms with Crippen LogP contribution in [0.4, 0.5) is 0 Å². The molecule has 1 fully saturated rings. The number of hydrogen-bond acceptors (Lipinski definition) is 7. The van der Waals surface area contributed by atoms with Gasteiger partial charge in [-0.1, -0.05) is 12.1 Å². The van der Waals surface area contributed by atoms with Crippen LogP contribution < -0.4 is 0 Å². The van der Waals surface area contributed by atoms with E-state index in [4.69, 9.17) is 9.84 Å². The average molecular weight is 300 g/mol. The lowest BCUT2D eigenvalue weighted by atomic mass is 9.85. The molecular formula is C14H20O7. The summed E-state index contributed by atoms with van der Waals surface area (Å²) in [6.07, 6.45) is -6.15. The number of hydrogen-bond donors (Lipinski definition) is 6. The van der Waals surface area contributed by atoms with Gasteiger partial charge in [0.1, 0.15) is 18.0 Å². The highest BCUT2D eigenvalue weighted by molar-refractivity contribution is 5.27. The molecule has 118 valence electrons. The Morgan fingerprint density at radius 3 is 2.24 bits per heavy atom. The summed E-state index contributed by atoms with van der Waals surface area (Å²) in [6.45, 7) is -0.525. The van der Waals surface area contributed by atoms with Crippen molar-refractivity contribution in [3.05, 3.63) is 29.8 Å². The van der Waals surface area contributed by atoms with E-state index in [0.717, 1.165) is 0 Å². The number of ether oxygens (including phenoxy) is 1. The number of phenols is 1. The molecule has 2 unspecified atom stereocenters. The van der Waals surface area contributed by atoms with E-state index in [1.54, 1.807) is 0 Å². The zero-order valence-electron chi connectivity index (χ0n) is 11.3. The van der Waals surface area contributed by atoms with Crippen molar-refractivity contribution < 1.29 is 35.4 Å². The third kappa shape index (κ3) is 3.52. The first kappa shape index (κ1) is 16.2. The second-order valence-corrected chi connectivity index (χ2v) is 5.24. The van der Waals surface area contributed by atoms with E-state index >= 15 is 0 Å². The quantitative estimate of drug-likeness (QED) is 0.414. The van der Waals surface area contributed by atoms with Gasteiger partial charge in [-0.2, -0.15) is 0 Å². The lowest BCUT2D eigenvalue weighted by Gasteiger charge is -2.40. The second-order valence-electron chi connectivity index (χ2n) is 5.24. The monoisotopic (exact) mass is 300 g/mol. The molecule has 0 radical (unpaired) electrons. The molecule has 1 saturated heterocycles. The lowest BCUT2D eigenvalue weighted by molar-refractivity contribution is -0.273. The minimum atomic E-state index is -1.40. The Kier molecular flexibility index (Phi) is 5.15. The Labute approximate surface area is 121 Å². The van der Waals surface area contributed by atoms with Crippen molar-refractivity contribution >= 4 is 0 Å². The third-order valence-electron chi connectivity index (χ3n) is 3.80. The van der Waals surface area contributed by atoms with Crippen LogP contribution in [0.2, 0.25) is 0 Å². The fourth-order valence-corrected chi connectivity index (χ4v) is 2.50. The molecule has 21 heavy (non-hydrogen) atoms. The molecule has 1 aromatic carbocycles. The van der Waals surface area contributed by atoms with Gasteiger partial charge < -0.3 is 35.4 Å². The highest BCUT2D eigenvalue weighted by Gasteiger charge is 2.44. The highest BCUT2D eigenvalue weighted by Crippen LogP contribution is 2.32. The standard InChI is InChI=1S/C14H20O7/c15-6-11-13(19)12(18)9(14(20)21-11)5-10(17)7-1-3-8(16)4-2-7/h1-4,9-20H,5-6H2/t9-,10?,11+,12+,13+,14?/m0/s1. The minimum absolute atomic E-state index is 0.0394. The maximum absolute atomic E-state index is 10.1.